The average Bonchev–Trinajstić information content (AvgIpc) is 2.41. The van der Waals surface area contributed by atoms with E-state index in [1.54, 1.807) is 0 Å². The highest BCUT2D eigenvalue weighted by Crippen LogP contribution is 2.42. The first-order valence-corrected chi connectivity index (χ1v) is 6.19. The third-order valence-electron chi connectivity index (χ3n) is 3.13. The summed E-state index contributed by atoms with van der Waals surface area (Å²) in [7, 11) is 0. The smallest absolute Gasteiger partial charge is 0.0849 e. The minimum Gasteiger partial charge on any atom is -0.397 e. The summed E-state index contributed by atoms with van der Waals surface area (Å²) in [6, 6.07) is 12.0. The zero-order valence-electron chi connectivity index (χ0n) is 9.37. The van der Waals surface area contributed by atoms with Crippen molar-refractivity contribution in [1.82, 2.24) is 0 Å². The molecule has 0 aromatic heterocycles. The van der Waals surface area contributed by atoms with E-state index in [-0.39, 0.29) is 0 Å². The van der Waals surface area contributed by atoms with Gasteiger partial charge in [0.15, 0.2) is 0 Å². The van der Waals surface area contributed by atoms with E-state index in [9.17, 15) is 0 Å². The fraction of sp³-hybridized carbons (Fsp3) is 0. The molecule has 0 amide bonds. The SMILES string of the molecule is Nc1c(Cl)c(Cl)c(N)c2cc3ccccc3cc12. The van der Waals surface area contributed by atoms with Crippen LogP contribution in [0, 0.1) is 0 Å². The molecule has 4 heteroatoms. The van der Waals surface area contributed by atoms with Gasteiger partial charge in [-0.05, 0) is 22.9 Å². The minimum atomic E-state index is 0.317. The standard InChI is InChI=1S/C14H10Cl2N2/c15-11-12(16)14(18)10-6-8-4-2-1-3-7(8)5-9(10)13(11)17/h1-6H,17-18H2. The number of nitrogen functional groups attached to an aromatic ring is 2. The molecule has 0 aliphatic carbocycles. The van der Waals surface area contributed by atoms with Crippen LogP contribution in [0.25, 0.3) is 21.5 Å². The van der Waals surface area contributed by atoms with Crippen LogP contribution in [-0.4, -0.2) is 0 Å². The van der Waals surface area contributed by atoms with E-state index >= 15 is 0 Å². The molecule has 0 radical (unpaired) electrons. The molecule has 0 atom stereocenters. The van der Waals surface area contributed by atoms with Crippen LogP contribution in [0.3, 0.4) is 0 Å². The van der Waals surface area contributed by atoms with Crippen molar-refractivity contribution in [2.75, 3.05) is 11.5 Å². The van der Waals surface area contributed by atoms with Gasteiger partial charge in [0.25, 0.3) is 0 Å². The Morgan fingerprint density at radius 1 is 0.722 bits per heavy atom. The van der Waals surface area contributed by atoms with Crippen molar-refractivity contribution in [2.24, 2.45) is 0 Å². The van der Waals surface area contributed by atoms with Crippen LogP contribution < -0.4 is 11.5 Å². The molecular formula is C14H10Cl2N2. The van der Waals surface area contributed by atoms with E-state index in [2.05, 4.69) is 0 Å². The van der Waals surface area contributed by atoms with Crippen molar-refractivity contribution in [3.8, 4) is 0 Å². The molecule has 2 nitrogen and oxygen atoms in total. The third kappa shape index (κ3) is 1.50. The Hall–Kier alpha value is -1.64. The summed E-state index contributed by atoms with van der Waals surface area (Å²) in [5.41, 5.74) is 13.0. The Morgan fingerprint density at radius 2 is 1.11 bits per heavy atom. The summed E-state index contributed by atoms with van der Waals surface area (Å²) in [6.07, 6.45) is 0. The monoisotopic (exact) mass is 276 g/mol. The fourth-order valence-corrected chi connectivity index (χ4v) is 2.57. The van der Waals surface area contributed by atoms with Gasteiger partial charge in [0.1, 0.15) is 0 Å². The maximum atomic E-state index is 6.08. The van der Waals surface area contributed by atoms with Crippen LogP contribution in [0.1, 0.15) is 0 Å². The normalized spacial score (nSPS) is 11.2. The van der Waals surface area contributed by atoms with Crippen LogP contribution in [0.15, 0.2) is 36.4 Å². The summed E-state index contributed by atoms with van der Waals surface area (Å²) in [4.78, 5) is 0. The Morgan fingerprint density at radius 3 is 1.50 bits per heavy atom. The Balaban J connectivity index is 2.58. The second-order valence-electron chi connectivity index (χ2n) is 4.20. The molecule has 0 heterocycles. The zero-order chi connectivity index (χ0) is 12.9. The molecule has 3 aromatic carbocycles. The number of fused-ring (bicyclic) bond motifs is 2. The lowest BCUT2D eigenvalue weighted by Crippen LogP contribution is -1.96. The second-order valence-corrected chi connectivity index (χ2v) is 4.96. The number of rotatable bonds is 0. The lowest BCUT2D eigenvalue weighted by molar-refractivity contribution is 1.72. The van der Waals surface area contributed by atoms with Crippen molar-refractivity contribution in [1.29, 1.82) is 0 Å². The summed E-state index contributed by atoms with van der Waals surface area (Å²) in [6.45, 7) is 0. The van der Waals surface area contributed by atoms with E-state index in [1.807, 2.05) is 36.4 Å². The van der Waals surface area contributed by atoms with Gasteiger partial charge < -0.3 is 11.5 Å². The first-order valence-electron chi connectivity index (χ1n) is 5.44. The van der Waals surface area contributed by atoms with Gasteiger partial charge in [0.05, 0.1) is 21.4 Å². The number of benzene rings is 3. The fourth-order valence-electron chi connectivity index (χ4n) is 2.16. The van der Waals surface area contributed by atoms with Crippen LogP contribution in [0.5, 0.6) is 0 Å². The van der Waals surface area contributed by atoms with Gasteiger partial charge in [-0.25, -0.2) is 0 Å². The molecule has 3 aromatic rings. The summed E-state index contributed by atoms with van der Waals surface area (Å²) >= 11 is 12.2. The molecule has 0 spiro atoms. The average molecular weight is 277 g/mol. The molecule has 0 aliphatic heterocycles. The quantitative estimate of drug-likeness (QED) is 0.470. The molecule has 18 heavy (non-hydrogen) atoms. The predicted molar refractivity (Wildman–Crippen MR) is 80.3 cm³/mol. The van der Waals surface area contributed by atoms with Crippen molar-refractivity contribution in [3.63, 3.8) is 0 Å². The molecule has 0 bridgehead atoms. The highest BCUT2D eigenvalue weighted by Gasteiger charge is 2.13. The van der Waals surface area contributed by atoms with Gasteiger partial charge in [-0.15, -0.1) is 0 Å². The van der Waals surface area contributed by atoms with Crippen molar-refractivity contribution in [2.45, 2.75) is 0 Å². The van der Waals surface area contributed by atoms with Gasteiger partial charge >= 0.3 is 0 Å². The summed E-state index contributed by atoms with van der Waals surface area (Å²) in [5, 5.41) is 4.49. The Labute approximate surface area is 114 Å². The van der Waals surface area contributed by atoms with Crippen LogP contribution in [0.2, 0.25) is 10.0 Å². The van der Waals surface area contributed by atoms with E-state index in [4.69, 9.17) is 34.7 Å². The highest BCUT2D eigenvalue weighted by atomic mass is 35.5. The molecule has 3 rings (SSSR count). The topological polar surface area (TPSA) is 52.0 Å². The molecule has 0 fully saturated rings. The Kier molecular flexibility index (Phi) is 2.51. The van der Waals surface area contributed by atoms with Gasteiger partial charge in [-0.1, -0.05) is 47.5 Å². The van der Waals surface area contributed by atoms with Gasteiger partial charge in [-0.2, -0.15) is 0 Å². The molecule has 4 N–H and O–H groups in total. The van der Waals surface area contributed by atoms with E-state index in [0.717, 1.165) is 21.5 Å². The molecule has 90 valence electrons. The predicted octanol–water partition coefficient (Wildman–Crippen LogP) is 4.46. The largest absolute Gasteiger partial charge is 0.397 e. The zero-order valence-corrected chi connectivity index (χ0v) is 10.9. The first-order chi connectivity index (χ1) is 8.59. The number of anilines is 2. The van der Waals surface area contributed by atoms with Crippen LogP contribution in [0.4, 0.5) is 11.4 Å². The van der Waals surface area contributed by atoms with Gasteiger partial charge in [0.2, 0.25) is 0 Å². The van der Waals surface area contributed by atoms with Crippen molar-refractivity contribution < 1.29 is 0 Å². The number of hydrogen-bond acceptors (Lipinski definition) is 2. The summed E-state index contributed by atoms with van der Waals surface area (Å²) in [5.74, 6) is 0. The number of hydrogen-bond donors (Lipinski definition) is 2. The van der Waals surface area contributed by atoms with Crippen molar-refractivity contribution in [3.05, 3.63) is 46.4 Å². The lowest BCUT2D eigenvalue weighted by atomic mass is 10.0. The molecular weight excluding hydrogens is 267 g/mol. The Bertz CT molecular complexity index is 716. The van der Waals surface area contributed by atoms with Gasteiger partial charge in [0, 0.05) is 10.8 Å². The summed E-state index contributed by atoms with van der Waals surface area (Å²) < 4.78 is 0. The molecule has 0 aliphatic rings. The van der Waals surface area contributed by atoms with Crippen molar-refractivity contribution >= 4 is 56.1 Å². The second kappa shape index (κ2) is 3.94. The molecule has 0 saturated heterocycles. The lowest BCUT2D eigenvalue weighted by Gasteiger charge is -2.11. The van der Waals surface area contributed by atoms with E-state index in [0.29, 0.717) is 21.4 Å². The number of halogens is 2. The maximum absolute atomic E-state index is 6.08. The van der Waals surface area contributed by atoms with Gasteiger partial charge in [-0.3, -0.25) is 0 Å². The van der Waals surface area contributed by atoms with Crippen LogP contribution in [-0.2, 0) is 0 Å². The van der Waals surface area contributed by atoms with Crippen LogP contribution >= 0.6 is 23.2 Å². The highest BCUT2D eigenvalue weighted by molar-refractivity contribution is 6.47. The number of nitrogens with two attached hydrogens (primary N) is 2. The molecule has 0 saturated carbocycles. The molecule has 0 unspecified atom stereocenters. The maximum Gasteiger partial charge on any atom is 0.0849 e. The minimum absolute atomic E-state index is 0.317. The van der Waals surface area contributed by atoms with E-state index in [1.165, 1.54) is 0 Å². The van der Waals surface area contributed by atoms with E-state index < -0.39 is 0 Å². The third-order valence-corrected chi connectivity index (χ3v) is 4.01. The first kappa shape index (κ1) is 11.5.